The van der Waals surface area contributed by atoms with Crippen molar-refractivity contribution in [3.8, 4) is 5.88 Å². The molecule has 6 heteroatoms. The van der Waals surface area contributed by atoms with Gasteiger partial charge in [-0.25, -0.2) is 4.98 Å². The molecule has 1 heterocycles. The van der Waals surface area contributed by atoms with E-state index in [0.29, 0.717) is 24.8 Å². The second-order valence-electron chi connectivity index (χ2n) is 3.37. The number of methoxy groups -OCH3 is 1. The minimum Gasteiger partial charge on any atom is -0.475 e. The zero-order chi connectivity index (χ0) is 13.4. The molecule has 18 heavy (non-hydrogen) atoms. The van der Waals surface area contributed by atoms with Crippen LogP contribution in [0.25, 0.3) is 5.70 Å². The molecule has 0 saturated heterocycles. The molecule has 5 nitrogen and oxygen atoms in total. The number of nitrogens with zero attached hydrogens (tertiary/aromatic N) is 2. The van der Waals surface area contributed by atoms with Gasteiger partial charge in [0.15, 0.2) is 0 Å². The Morgan fingerprint density at radius 2 is 2.33 bits per heavy atom. The van der Waals surface area contributed by atoms with Crippen LogP contribution in [0.15, 0.2) is 27.8 Å². The lowest BCUT2D eigenvalue weighted by Gasteiger charge is -2.07. The fourth-order valence-electron chi connectivity index (χ4n) is 1.21. The van der Waals surface area contributed by atoms with E-state index < -0.39 is 0 Å². The van der Waals surface area contributed by atoms with Crippen LogP contribution in [0.3, 0.4) is 0 Å². The number of ether oxygens (including phenoxy) is 2. The topological polar surface area (TPSA) is 69.7 Å². The van der Waals surface area contributed by atoms with Crippen molar-refractivity contribution < 1.29 is 9.47 Å². The van der Waals surface area contributed by atoms with Crippen LogP contribution in [0.4, 0.5) is 0 Å². The first-order valence-corrected chi connectivity index (χ1v) is 6.14. The molecule has 1 aromatic heterocycles. The van der Waals surface area contributed by atoms with Crippen LogP contribution in [-0.4, -0.2) is 38.6 Å². The number of rotatable bonds is 6. The molecule has 0 fully saturated rings. The van der Waals surface area contributed by atoms with Crippen LogP contribution in [0.5, 0.6) is 5.88 Å². The van der Waals surface area contributed by atoms with E-state index in [2.05, 4.69) is 25.9 Å². The molecule has 2 N–H and O–H groups in total. The Balaban J connectivity index is 2.84. The summed E-state index contributed by atoms with van der Waals surface area (Å²) in [5.74, 6) is 0.515. The monoisotopic (exact) mass is 313 g/mol. The van der Waals surface area contributed by atoms with Gasteiger partial charge in [0.2, 0.25) is 5.88 Å². The molecule has 0 aliphatic heterocycles. The summed E-state index contributed by atoms with van der Waals surface area (Å²) in [5, 5.41) is 0. The first-order chi connectivity index (χ1) is 8.69. The Labute approximate surface area is 115 Å². The van der Waals surface area contributed by atoms with Gasteiger partial charge in [0.1, 0.15) is 6.61 Å². The van der Waals surface area contributed by atoms with E-state index in [1.54, 1.807) is 32.6 Å². The molecule has 0 saturated carbocycles. The van der Waals surface area contributed by atoms with Gasteiger partial charge in [0.25, 0.3) is 0 Å². The largest absolute Gasteiger partial charge is 0.475 e. The van der Waals surface area contributed by atoms with Crippen molar-refractivity contribution in [1.82, 2.24) is 4.98 Å². The fourth-order valence-corrected chi connectivity index (χ4v) is 1.64. The minimum atomic E-state index is 0.453. The standard InChI is InChI=1S/C12H16BrN3O2/c1-15-8-10(13)12(14)9-3-4-16-11(7-9)18-6-5-17-2/h3-4,7-8H,5-6,14H2,1-2H3. The van der Waals surface area contributed by atoms with Gasteiger partial charge in [-0.15, -0.1) is 0 Å². The van der Waals surface area contributed by atoms with E-state index >= 15 is 0 Å². The molecule has 98 valence electrons. The number of pyridine rings is 1. The van der Waals surface area contributed by atoms with Gasteiger partial charge in [-0.2, -0.15) is 0 Å². The van der Waals surface area contributed by atoms with Gasteiger partial charge in [0.05, 0.1) is 16.8 Å². The molecular weight excluding hydrogens is 298 g/mol. The normalized spacial score (nSPS) is 12.6. The fraction of sp³-hybridized carbons (Fsp3) is 0.333. The van der Waals surface area contributed by atoms with Crippen molar-refractivity contribution in [3.05, 3.63) is 28.4 Å². The van der Waals surface area contributed by atoms with E-state index in [4.69, 9.17) is 15.2 Å². The number of hydrogen-bond acceptors (Lipinski definition) is 5. The minimum absolute atomic E-state index is 0.453. The molecule has 1 rings (SSSR count). The van der Waals surface area contributed by atoms with Crippen molar-refractivity contribution in [3.63, 3.8) is 0 Å². The van der Waals surface area contributed by atoms with Gasteiger partial charge in [-0.05, 0) is 22.0 Å². The Bertz CT molecular complexity index is 447. The van der Waals surface area contributed by atoms with Crippen LogP contribution in [0.2, 0.25) is 0 Å². The van der Waals surface area contributed by atoms with E-state index in [1.165, 1.54) is 0 Å². The maximum Gasteiger partial charge on any atom is 0.213 e. The summed E-state index contributed by atoms with van der Waals surface area (Å²) >= 11 is 3.35. The third kappa shape index (κ3) is 4.46. The van der Waals surface area contributed by atoms with Crippen molar-refractivity contribution in [2.75, 3.05) is 27.4 Å². The number of nitrogens with two attached hydrogens (primary N) is 1. The average molecular weight is 314 g/mol. The third-order valence-corrected chi connectivity index (χ3v) is 2.71. The van der Waals surface area contributed by atoms with Gasteiger partial charge in [-0.3, -0.25) is 4.99 Å². The summed E-state index contributed by atoms with van der Waals surface area (Å²) in [5.41, 5.74) is 7.39. The molecule has 0 atom stereocenters. The number of allylic oxidation sites excluding steroid dienone is 1. The second kappa shape index (κ2) is 7.84. The first kappa shape index (κ1) is 14.7. The highest BCUT2D eigenvalue weighted by atomic mass is 79.9. The smallest absolute Gasteiger partial charge is 0.213 e. The van der Waals surface area contributed by atoms with E-state index in [9.17, 15) is 0 Å². The van der Waals surface area contributed by atoms with Crippen LogP contribution >= 0.6 is 15.9 Å². The summed E-state index contributed by atoms with van der Waals surface area (Å²) in [6.07, 6.45) is 3.29. The third-order valence-electron chi connectivity index (χ3n) is 2.08. The Kier molecular flexibility index (Phi) is 6.38. The molecule has 0 aliphatic rings. The number of aromatic nitrogens is 1. The van der Waals surface area contributed by atoms with Crippen molar-refractivity contribution in [1.29, 1.82) is 0 Å². The molecule has 1 aromatic rings. The number of aliphatic imine (C=N–C) groups is 1. The number of halogens is 1. The first-order valence-electron chi connectivity index (χ1n) is 5.34. The highest BCUT2D eigenvalue weighted by molar-refractivity contribution is 9.12. The van der Waals surface area contributed by atoms with Crippen LogP contribution in [0, 0.1) is 0 Å². The maximum atomic E-state index is 5.98. The van der Waals surface area contributed by atoms with Crippen molar-refractivity contribution in [2.45, 2.75) is 0 Å². The van der Waals surface area contributed by atoms with Gasteiger partial charge < -0.3 is 15.2 Å². The Hall–Kier alpha value is -1.40. The highest BCUT2D eigenvalue weighted by Gasteiger charge is 2.04. The van der Waals surface area contributed by atoms with Crippen LogP contribution < -0.4 is 10.5 Å². The lowest BCUT2D eigenvalue weighted by molar-refractivity contribution is 0.143. The maximum absolute atomic E-state index is 5.98. The predicted octanol–water partition coefficient (Wildman–Crippen LogP) is 1.83. The Morgan fingerprint density at radius 1 is 1.56 bits per heavy atom. The predicted molar refractivity (Wildman–Crippen MR) is 76.1 cm³/mol. The molecule has 0 amide bonds. The van der Waals surface area contributed by atoms with Gasteiger partial charge in [0, 0.05) is 38.2 Å². The average Bonchev–Trinajstić information content (AvgIpc) is 2.39. The summed E-state index contributed by atoms with van der Waals surface area (Å²) in [6, 6.07) is 3.58. The summed E-state index contributed by atoms with van der Waals surface area (Å²) in [7, 11) is 3.30. The molecule has 0 spiro atoms. The quantitative estimate of drug-likeness (QED) is 0.642. The second-order valence-corrected chi connectivity index (χ2v) is 4.23. The van der Waals surface area contributed by atoms with Gasteiger partial charge >= 0.3 is 0 Å². The zero-order valence-electron chi connectivity index (χ0n) is 10.4. The van der Waals surface area contributed by atoms with E-state index in [1.807, 2.05) is 6.07 Å². The molecule has 0 unspecified atom stereocenters. The van der Waals surface area contributed by atoms with Crippen molar-refractivity contribution >= 4 is 27.8 Å². The lowest BCUT2D eigenvalue weighted by Crippen LogP contribution is -2.06. The molecule has 0 radical (unpaired) electrons. The van der Waals surface area contributed by atoms with E-state index in [0.717, 1.165) is 10.0 Å². The van der Waals surface area contributed by atoms with Crippen LogP contribution in [0.1, 0.15) is 5.56 Å². The SMILES string of the molecule is CN=CC(Br)=C(N)c1ccnc(OCCOC)c1. The Morgan fingerprint density at radius 3 is 3.00 bits per heavy atom. The highest BCUT2D eigenvalue weighted by Crippen LogP contribution is 2.19. The summed E-state index contributed by atoms with van der Waals surface area (Å²) in [6.45, 7) is 0.970. The summed E-state index contributed by atoms with van der Waals surface area (Å²) < 4.78 is 11.0. The molecular formula is C12H16BrN3O2. The van der Waals surface area contributed by atoms with Crippen molar-refractivity contribution in [2.24, 2.45) is 10.7 Å². The number of hydrogen-bond donors (Lipinski definition) is 1. The lowest BCUT2D eigenvalue weighted by atomic mass is 10.2. The molecule has 0 aliphatic carbocycles. The zero-order valence-corrected chi connectivity index (χ0v) is 12.0. The molecule has 0 bridgehead atoms. The van der Waals surface area contributed by atoms with E-state index in [-0.39, 0.29) is 0 Å². The summed E-state index contributed by atoms with van der Waals surface area (Å²) in [4.78, 5) is 7.99. The van der Waals surface area contributed by atoms with Gasteiger partial charge in [-0.1, -0.05) is 0 Å². The van der Waals surface area contributed by atoms with Crippen LogP contribution in [-0.2, 0) is 4.74 Å². The molecule has 0 aromatic carbocycles.